The van der Waals surface area contributed by atoms with E-state index >= 15 is 0 Å². The zero-order valence-corrected chi connectivity index (χ0v) is 11.8. The second-order valence-corrected chi connectivity index (χ2v) is 4.83. The molecule has 0 N–H and O–H groups in total. The van der Waals surface area contributed by atoms with E-state index in [-0.39, 0.29) is 0 Å². The summed E-state index contributed by atoms with van der Waals surface area (Å²) in [5, 5.41) is 0. The van der Waals surface area contributed by atoms with Crippen LogP contribution in [-0.4, -0.2) is 6.54 Å². The minimum Gasteiger partial charge on any atom is -0.342 e. The fraction of sp³-hybridized carbons (Fsp3) is 0.333. The molecule has 0 atom stereocenters. The van der Waals surface area contributed by atoms with Gasteiger partial charge < -0.3 is 4.90 Å². The summed E-state index contributed by atoms with van der Waals surface area (Å²) in [6.45, 7) is 3.15. The number of nitrogens with zero attached hydrogens (tertiary/aromatic N) is 1. The quantitative estimate of drug-likeness (QED) is 0.707. The first-order chi connectivity index (χ1) is 9.42. The molecule has 0 aliphatic heterocycles. The third-order valence-electron chi connectivity index (χ3n) is 3.45. The summed E-state index contributed by atoms with van der Waals surface area (Å²) in [6.07, 6.45) is 6.00. The minimum atomic E-state index is 0.980. The van der Waals surface area contributed by atoms with Crippen molar-refractivity contribution >= 4 is 11.4 Å². The second kappa shape index (κ2) is 7.63. The van der Waals surface area contributed by atoms with Crippen molar-refractivity contribution in [3.8, 4) is 0 Å². The molecule has 3 rings (SSSR count). The lowest BCUT2D eigenvalue weighted by Crippen LogP contribution is -2.15. The van der Waals surface area contributed by atoms with Crippen LogP contribution in [0.4, 0.5) is 11.4 Å². The van der Waals surface area contributed by atoms with E-state index in [1.165, 1.54) is 37.1 Å². The minimum absolute atomic E-state index is 0.980. The van der Waals surface area contributed by atoms with E-state index in [9.17, 15) is 0 Å². The first kappa shape index (κ1) is 13.7. The average molecular weight is 253 g/mol. The van der Waals surface area contributed by atoms with Gasteiger partial charge in [0.25, 0.3) is 0 Å². The summed E-state index contributed by atoms with van der Waals surface area (Å²) in [6, 6.07) is 20.9. The van der Waals surface area contributed by atoms with Crippen molar-refractivity contribution in [1.82, 2.24) is 0 Å². The Hall–Kier alpha value is -1.76. The summed E-state index contributed by atoms with van der Waals surface area (Å²) in [5.41, 5.74) is 2.48. The summed E-state index contributed by atoms with van der Waals surface area (Å²) >= 11 is 0. The van der Waals surface area contributed by atoms with Crippen molar-refractivity contribution < 1.29 is 0 Å². The maximum absolute atomic E-state index is 2.29. The third-order valence-corrected chi connectivity index (χ3v) is 3.45. The molecule has 2 aromatic carbocycles. The summed E-state index contributed by atoms with van der Waals surface area (Å²) in [4.78, 5) is 2.29. The van der Waals surface area contributed by atoms with E-state index in [4.69, 9.17) is 0 Å². The number of anilines is 2. The van der Waals surface area contributed by atoms with Gasteiger partial charge in [0.1, 0.15) is 0 Å². The third kappa shape index (κ3) is 4.13. The monoisotopic (exact) mass is 253 g/mol. The smallest absolute Gasteiger partial charge is 0.0410 e. The highest BCUT2D eigenvalue weighted by molar-refractivity contribution is 5.62. The van der Waals surface area contributed by atoms with Gasteiger partial charge in [-0.05, 0) is 31.2 Å². The molecule has 2 aromatic rings. The van der Waals surface area contributed by atoms with E-state index in [2.05, 4.69) is 60.4 Å². The molecule has 1 heteroatoms. The van der Waals surface area contributed by atoms with Crippen molar-refractivity contribution in [3.63, 3.8) is 0 Å². The Bertz CT molecular complexity index is 402. The molecule has 19 heavy (non-hydrogen) atoms. The van der Waals surface area contributed by atoms with Crippen molar-refractivity contribution in [2.75, 3.05) is 11.4 Å². The molecule has 0 saturated heterocycles. The molecule has 1 fully saturated rings. The van der Waals surface area contributed by atoms with Crippen molar-refractivity contribution in [2.24, 2.45) is 0 Å². The second-order valence-electron chi connectivity index (χ2n) is 4.83. The zero-order valence-electron chi connectivity index (χ0n) is 11.8. The van der Waals surface area contributed by atoms with Crippen LogP contribution in [0.5, 0.6) is 0 Å². The van der Waals surface area contributed by atoms with E-state index in [1.807, 2.05) is 12.1 Å². The first-order valence-corrected chi connectivity index (χ1v) is 7.29. The van der Waals surface area contributed by atoms with Gasteiger partial charge in [-0.25, -0.2) is 0 Å². The first-order valence-electron chi connectivity index (χ1n) is 7.29. The zero-order chi connectivity index (χ0) is 13.3. The fourth-order valence-electron chi connectivity index (χ4n) is 1.98. The predicted molar refractivity (Wildman–Crippen MR) is 84.0 cm³/mol. The Labute approximate surface area is 116 Å². The van der Waals surface area contributed by atoms with Crippen LogP contribution in [0.2, 0.25) is 0 Å². The van der Waals surface area contributed by atoms with Crippen molar-refractivity contribution in [1.29, 1.82) is 0 Å². The SMILES string of the molecule is C1CCC1.CCN(c1ccccc1)c1ccccc1. The maximum atomic E-state index is 2.29. The topological polar surface area (TPSA) is 3.24 Å². The predicted octanol–water partition coefficient (Wildman–Crippen LogP) is 5.41. The molecule has 1 nitrogen and oxygen atoms in total. The summed E-state index contributed by atoms with van der Waals surface area (Å²) in [5.74, 6) is 0. The van der Waals surface area contributed by atoms with E-state index in [0.29, 0.717) is 0 Å². The molecule has 0 heterocycles. The van der Waals surface area contributed by atoms with Gasteiger partial charge in [0, 0.05) is 17.9 Å². The number of benzene rings is 2. The summed E-state index contributed by atoms with van der Waals surface area (Å²) in [7, 11) is 0. The molecule has 0 bridgehead atoms. The van der Waals surface area contributed by atoms with Gasteiger partial charge in [0.05, 0.1) is 0 Å². The molecule has 100 valence electrons. The van der Waals surface area contributed by atoms with Gasteiger partial charge in [0.2, 0.25) is 0 Å². The number of hydrogen-bond acceptors (Lipinski definition) is 1. The molecule has 1 saturated carbocycles. The van der Waals surface area contributed by atoms with Crippen LogP contribution in [0.1, 0.15) is 32.6 Å². The lowest BCUT2D eigenvalue weighted by Gasteiger charge is -2.23. The van der Waals surface area contributed by atoms with Crippen LogP contribution >= 0.6 is 0 Å². The Kier molecular flexibility index (Phi) is 5.49. The van der Waals surface area contributed by atoms with Gasteiger partial charge in [-0.1, -0.05) is 62.1 Å². The van der Waals surface area contributed by atoms with Gasteiger partial charge in [-0.2, -0.15) is 0 Å². The Morgan fingerprint density at radius 3 is 1.32 bits per heavy atom. The number of rotatable bonds is 3. The summed E-state index contributed by atoms with van der Waals surface area (Å²) < 4.78 is 0. The Balaban J connectivity index is 0.000000284. The highest BCUT2D eigenvalue weighted by Crippen LogP contribution is 2.23. The van der Waals surface area contributed by atoms with Gasteiger partial charge in [0.15, 0.2) is 0 Å². The van der Waals surface area contributed by atoms with Crippen LogP contribution in [0, 0.1) is 0 Å². The highest BCUT2D eigenvalue weighted by Gasteiger charge is 2.04. The van der Waals surface area contributed by atoms with E-state index in [0.717, 1.165) is 6.54 Å². The largest absolute Gasteiger partial charge is 0.342 e. The fourth-order valence-corrected chi connectivity index (χ4v) is 1.98. The van der Waals surface area contributed by atoms with Crippen molar-refractivity contribution in [3.05, 3.63) is 60.7 Å². The molecular weight excluding hydrogens is 230 g/mol. The van der Waals surface area contributed by atoms with Gasteiger partial charge >= 0.3 is 0 Å². The normalized spacial score (nSPS) is 12.9. The maximum Gasteiger partial charge on any atom is 0.0410 e. The van der Waals surface area contributed by atoms with Crippen LogP contribution < -0.4 is 4.90 Å². The van der Waals surface area contributed by atoms with Crippen molar-refractivity contribution in [2.45, 2.75) is 32.6 Å². The van der Waals surface area contributed by atoms with Crippen LogP contribution in [0.15, 0.2) is 60.7 Å². The van der Waals surface area contributed by atoms with E-state index < -0.39 is 0 Å². The van der Waals surface area contributed by atoms with Gasteiger partial charge in [-0.3, -0.25) is 0 Å². The van der Waals surface area contributed by atoms with Gasteiger partial charge in [-0.15, -0.1) is 0 Å². The lowest BCUT2D eigenvalue weighted by molar-refractivity contribution is 0.504. The average Bonchev–Trinajstić information content (AvgIpc) is 2.40. The highest BCUT2D eigenvalue weighted by atomic mass is 15.1. The number of para-hydroxylation sites is 2. The van der Waals surface area contributed by atoms with Crippen LogP contribution in [0.3, 0.4) is 0 Å². The molecule has 0 amide bonds. The van der Waals surface area contributed by atoms with Crippen LogP contribution in [0.25, 0.3) is 0 Å². The molecule has 1 aliphatic carbocycles. The molecule has 0 radical (unpaired) electrons. The Morgan fingerprint density at radius 1 is 0.684 bits per heavy atom. The Morgan fingerprint density at radius 2 is 1.05 bits per heavy atom. The molecular formula is C18H23N. The van der Waals surface area contributed by atoms with E-state index in [1.54, 1.807) is 0 Å². The lowest BCUT2D eigenvalue weighted by atomic mass is 10.0. The molecule has 0 aromatic heterocycles. The molecule has 0 unspecified atom stereocenters. The molecule has 1 aliphatic rings. The standard InChI is InChI=1S/C14H15N.C4H8/c1-2-15(13-9-5-3-6-10-13)14-11-7-4-8-12-14;1-2-4-3-1/h3-12H,2H2,1H3;1-4H2. The number of hydrogen-bond donors (Lipinski definition) is 0. The molecule has 0 spiro atoms. The van der Waals surface area contributed by atoms with Crippen LogP contribution in [-0.2, 0) is 0 Å².